The van der Waals surface area contributed by atoms with Gasteiger partial charge in [0.1, 0.15) is 4.83 Å². The summed E-state index contributed by atoms with van der Waals surface area (Å²) in [6.45, 7) is 0. The second-order valence-corrected chi connectivity index (χ2v) is 4.99. The topological polar surface area (TPSA) is 37.3 Å². The first-order valence-electron chi connectivity index (χ1n) is 3.71. The zero-order valence-electron chi connectivity index (χ0n) is 6.71. The van der Waals surface area contributed by atoms with Gasteiger partial charge in [-0.25, -0.2) is 0 Å². The Morgan fingerprint density at radius 2 is 2.00 bits per heavy atom. The highest BCUT2D eigenvalue weighted by Gasteiger charge is 2.12. The van der Waals surface area contributed by atoms with Crippen molar-refractivity contribution in [2.45, 2.75) is 11.2 Å². The summed E-state index contributed by atoms with van der Waals surface area (Å²) in [5, 5.41) is 8.65. The lowest BCUT2D eigenvalue weighted by Crippen LogP contribution is -2.15. The zero-order valence-corrected chi connectivity index (χ0v) is 10.4. The van der Waals surface area contributed by atoms with Gasteiger partial charge < -0.3 is 5.11 Å². The molecule has 0 aliphatic heterocycles. The van der Waals surface area contributed by atoms with Gasteiger partial charge in [0.25, 0.3) is 0 Å². The maximum atomic E-state index is 10.5. The summed E-state index contributed by atoms with van der Waals surface area (Å²) in [6, 6.07) is 7.83. The van der Waals surface area contributed by atoms with E-state index in [9.17, 15) is 4.79 Å². The summed E-state index contributed by atoms with van der Waals surface area (Å²) >= 11 is 5.31. The van der Waals surface area contributed by atoms with E-state index in [0.717, 1.165) is 9.13 Å². The minimum atomic E-state index is -0.821. The number of carbonyl (C=O) groups is 1. The molecule has 0 spiro atoms. The molecular formula is C9H8BrIO2. The summed E-state index contributed by atoms with van der Waals surface area (Å²) in [6.07, 6.45) is 0.520. The maximum Gasteiger partial charge on any atom is 0.317 e. The van der Waals surface area contributed by atoms with E-state index in [1.807, 2.05) is 24.3 Å². The molecule has 0 fully saturated rings. The molecule has 13 heavy (non-hydrogen) atoms. The molecule has 0 aromatic heterocycles. The van der Waals surface area contributed by atoms with Crippen molar-refractivity contribution in [3.8, 4) is 0 Å². The smallest absolute Gasteiger partial charge is 0.317 e. The Morgan fingerprint density at radius 1 is 1.46 bits per heavy atom. The number of rotatable bonds is 3. The van der Waals surface area contributed by atoms with Gasteiger partial charge in [-0.2, -0.15) is 0 Å². The second-order valence-electron chi connectivity index (χ2n) is 2.64. The van der Waals surface area contributed by atoms with E-state index >= 15 is 0 Å². The van der Waals surface area contributed by atoms with Crippen molar-refractivity contribution in [3.05, 3.63) is 33.4 Å². The van der Waals surface area contributed by atoms with Crippen LogP contribution in [0.3, 0.4) is 0 Å². The van der Waals surface area contributed by atoms with Crippen molar-refractivity contribution in [1.29, 1.82) is 0 Å². The quantitative estimate of drug-likeness (QED) is 0.669. The van der Waals surface area contributed by atoms with Gasteiger partial charge in [-0.05, 0) is 46.7 Å². The molecule has 0 amide bonds. The normalized spacial score (nSPS) is 12.5. The van der Waals surface area contributed by atoms with Crippen molar-refractivity contribution < 1.29 is 9.90 Å². The van der Waals surface area contributed by atoms with Crippen LogP contribution in [0.1, 0.15) is 5.56 Å². The van der Waals surface area contributed by atoms with Crippen LogP contribution in [0.5, 0.6) is 0 Å². The molecule has 1 rings (SSSR count). The predicted octanol–water partition coefficient (Wildman–Crippen LogP) is 2.68. The number of carboxylic acid groups (broad SMARTS) is 1. The number of carboxylic acids is 1. The lowest BCUT2D eigenvalue weighted by molar-refractivity contribution is -0.136. The summed E-state index contributed by atoms with van der Waals surface area (Å²) in [5.41, 5.74) is 1.03. The third kappa shape index (κ3) is 3.64. The number of hydrogen-bond acceptors (Lipinski definition) is 1. The number of halogens is 2. The highest BCUT2D eigenvalue weighted by atomic mass is 127. The number of hydrogen-bond donors (Lipinski definition) is 1. The van der Waals surface area contributed by atoms with Gasteiger partial charge in [-0.3, -0.25) is 4.79 Å². The van der Waals surface area contributed by atoms with Crippen LogP contribution >= 0.6 is 38.5 Å². The molecule has 0 bridgehead atoms. The fraction of sp³-hybridized carbons (Fsp3) is 0.222. The van der Waals surface area contributed by atoms with Crippen LogP contribution in [-0.2, 0) is 11.2 Å². The van der Waals surface area contributed by atoms with Crippen LogP contribution in [-0.4, -0.2) is 15.9 Å². The minimum Gasteiger partial charge on any atom is -0.480 e. The zero-order chi connectivity index (χ0) is 9.84. The Labute approximate surface area is 98.6 Å². The molecule has 1 aromatic carbocycles. The van der Waals surface area contributed by atoms with Crippen LogP contribution in [0.25, 0.3) is 0 Å². The first kappa shape index (κ1) is 11.0. The van der Waals surface area contributed by atoms with Gasteiger partial charge in [0.2, 0.25) is 0 Å². The van der Waals surface area contributed by atoms with Gasteiger partial charge in [-0.15, -0.1) is 0 Å². The predicted molar refractivity (Wildman–Crippen MR) is 63.2 cm³/mol. The molecule has 2 nitrogen and oxygen atoms in total. The number of aliphatic carboxylic acids is 1. The van der Waals surface area contributed by atoms with E-state index in [1.54, 1.807) is 0 Å². The Hall–Kier alpha value is -0.100. The van der Waals surface area contributed by atoms with E-state index in [4.69, 9.17) is 5.11 Å². The van der Waals surface area contributed by atoms with Crippen molar-refractivity contribution in [3.63, 3.8) is 0 Å². The Balaban J connectivity index is 2.64. The molecule has 1 unspecified atom stereocenters. The maximum absolute atomic E-state index is 10.5. The minimum absolute atomic E-state index is 0.493. The average molecular weight is 355 g/mol. The third-order valence-corrected chi connectivity index (χ3v) is 3.03. The lowest BCUT2D eigenvalue weighted by atomic mass is 10.1. The van der Waals surface area contributed by atoms with E-state index < -0.39 is 10.8 Å². The number of alkyl halides is 1. The molecule has 0 aliphatic rings. The molecule has 1 N–H and O–H groups in total. The second kappa shape index (κ2) is 4.95. The first-order valence-corrected chi connectivity index (χ1v) is 5.70. The molecular weight excluding hydrogens is 347 g/mol. The van der Waals surface area contributed by atoms with Crippen LogP contribution in [0, 0.1) is 3.57 Å². The van der Waals surface area contributed by atoms with Crippen molar-refractivity contribution in [1.82, 2.24) is 0 Å². The van der Waals surface area contributed by atoms with Crippen molar-refractivity contribution in [2.24, 2.45) is 0 Å². The lowest BCUT2D eigenvalue weighted by Gasteiger charge is -2.04. The van der Waals surface area contributed by atoms with E-state index in [0.29, 0.717) is 6.42 Å². The van der Waals surface area contributed by atoms with Crippen LogP contribution in [0.4, 0.5) is 0 Å². The molecule has 0 saturated carbocycles. The fourth-order valence-corrected chi connectivity index (χ4v) is 1.65. The third-order valence-electron chi connectivity index (χ3n) is 1.60. The molecule has 0 heterocycles. The summed E-state index contributed by atoms with van der Waals surface area (Å²) in [5.74, 6) is -0.821. The molecule has 0 saturated heterocycles. The standard InChI is InChI=1S/C9H8BrIO2/c10-8(9(12)13)5-6-1-3-7(11)4-2-6/h1-4,8H,5H2,(H,12,13). The molecule has 1 atom stereocenters. The Morgan fingerprint density at radius 3 is 2.46 bits per heavy atom. The molecule has 4 heteroatoms. The van der Waals surface area contributed by atoms with Gasteiger partial charge in [-0.1, -0.05) is 28.1 Å². The van der Waals surface area contributed by atoms with Crippen LogP contribution in [0.15, 0.2) is 24.3 Å². The summed E-state index contributed by atoms with van der Waals surface area (Å²) in [4.78, 5) is 10.0. The molecule has 0 aliphatic carbocycles. The summed E-state index contributed by atoms with van der Waals surface area (Å²) < 4.78 is 1.16. The highest BCUT2D eigenvalue weighted by Crippen LogP contribution is 2.12. The van der Waals surface area contributed by atoms with Gasteiger partial charge in [0, 0.05) is 3.57 Å². The first-order chi connectivity index (χ1) is 6.09. The molecule has 70 valence electrons. The average Bonchev–Trinajstić information content (AvgIpc) is 2.08. The molecule has 0 radical (unpaired) electrons. The summed E-state index contributed by atoms with van der Waals surface area (Å²) in [7, 11) is 0. The Bertz CT molecular complexity index is 297. The van der Waals surface area contributed by atoms with Crippen molar-refractivity contribution in [2.75, 3.05) is 0 Å². The van der Waals surface area contributed by atoms with E-state index in [-0.39, 0.29) is 0 Å². The fourth-order valence-electron chi connectivity index (χ4n) is 0.915. The van der Waals surface area contributed by atoms with Crippen LogP contribution < -0.4 is 0 Å². The largest absolute Gasteiger partial charge is 0.480 e. The monoisotopic (exact) mass is 354 g/mol. The van der Waals surface area contributed by atoms with E-state index in [2.05, 4.69) is 38.5 Å². The van der Waals surface area contributed by atoms with Crippen molar-refractivity contribution >= 4 is 44.5 Å². The molecule has 1 aromatic rings. The van der Waals surface area contributed by atoms with Gasteiger partial charge in [0.05, 0.1) is 0 Å². The van der Waals surface area contributed by atoms with E-state index in [1.165, 1.54) is 0 Å². The van der Waals surface area contributed by atoms with Gasteiger partial charge >= 0.3 is 5.97 Å². The Kier molecular flexibility index (Phi) is 4.18. The SMILES string of the molecule is O=C(O)C(Br)Cc1ccc(I)cc1. The number of benzene rings is 1. The highest BCUT2D eigenvalue weighted by molar-refractivity contribution is 14.1. The van der Waals surface area contributed by atoms with Crippen LogP contribution in [0.2, 0.25) is 0 Å². The van der Waals surface area contributed by atoms with Gasteiger partial charge in [0.15, 0.2) is 0 Å².